The van der Waals surface area contributed by atoms with Crippen LogP contribution in [0.2, 0.25) is 0 Å². The molecule has 8 aromatic carbocycles. The summed E-state index contributed by atoms with van der Waals surface area (Å²) in [6.07, 6.45) is 0. The van der Waals surface area contributed by atoms with Crippen LogP contribution in [0, 0.1) is 0 Å². The van der Waals surface area contributed by atoms with Gasteiger partial charge in [0.2, 0.25) is 0 Å². The lowest BCUT2D eigenvalue weighted by Gasteiger charge is -2.19. The van der Waals surface area contributed by atoms with Crippen molar-refractivity contribution in [2.75, 3.05) is 0 Å². The molecule has 218 valence electrons. The van der Waals surface area contributed by atoms with Gasteiger partial charge in [-0.05, 0) is 108 Å². The van der Waals surface area contributed by atoms with Crippen LogP contribution in [0.4, 0.5) is 0 Å². The molecule has 2 aromatic heterocycles. The Hall–Kier alpha value is -6.25. The molecule has 0 aliphatic carbocycles. The second kappa shape index (κ2) is 10.1. The Bertz CT molecular complexity index is 2860. The molecule has 2 heteroatoms. The van der Waals surface area contributed by atoms with E-state index in [1.165, 1.54) is 65.3 Å². The number of para-hydroxylation sites is 1. The van der Waals surface area contributed by atoms with E-state index < -0.39 is 0 Å². The summed E-state index contributed by atoms with van der Waals surface area (Å²) in [4.78, 5) is 5.17. The van der Waals surface area contributed by atoms with Crippen LogP contribution in [0.15, 0.2) is 168 Å². The summed E-state index contributed by atoms with van der Waals surface area (Å²) in [7, 11) is 0. The van der Waals surface area contributed by atoms with E-state index in [1.807, 2.05) is 24.3 Å². The molecule has 0 atom stereocenters. The number of furan rings is 1. The summed E-state index contributed by atoms with van der Waals surface area (Å²) in [5, 5.41) is 10.9. The number of hydrogen-bond acceptors (Lipinski definition) is 2. The minimum atomic E-state index is 0.803. The zero-order valence-corrected chi connectivity index (χ0v) is 25.4. The Labute approximate surface area is 271 Å². The number of nitrogens with zero attached hydrogens (tertiary/aromatic N) is 1. The fraction of sp³-hybridized carbons (Fsp3) is 0. The van der Waals surface area contributed by atoms with Crippen molar-refractivity contribution in [1.29, 1.82) is 0 Å². The highest BCUT2D eigenvalue weighted by Crippen LogP contribution is 2.45. The van der Waals surface area contributed by atoms with Crippen LogP contribution in [-0.2, 0) is 0 Å². The van der Waals surface area contributed by atoms with E-state index in [0.29, 0.717) is 0 Å². The largest absolute Gasteiger partial charge is 0.454 e. The lowest BCUT2D eigenvalue weighted by Crippen LogP contribution is -1.92. The predicted octanol–water partition coefficient (Wildman–Crippen LogP) is 12.6. The van der Waals surface area contributed by atoms with Gasteiger partial charge in [0.05, 0.1) is 5.69 Å². The molecule has 0 radical (unpaired) electrons. The van der Waals surface area contributed by atoms with Gasteiger partial charge in [0.25, 0.3) is 0 Å². The third kappa shape index (κ3) is 4.09. The van der Waals surface area contributed by atoms with Crippen LogP contribution in [0.25, 0.3) is 98.7 Å². The third-order valence-corrected chi connectivity index (χ3v) is 9.62. The molecule has 47 heavy (non-hydrogen) atoms. The summed E-state index contributed by atoms with van der Waals surface area (Å²) in [5.74, 6) is 0. The van der Waals surface area contributed by atoms with Gasteiger partial charge in [0, 0.05) is 10.9 Å². The maximum absolute atomic E-state index is 6.11. The average Bonchev–Trinajstić information content (AvgIpc) is 3.51. The highest BCUT2D eigenvalue weighted by molar-refractivity contribution is 6.22. The molecule has 0 spiro atoms. The maximum Gasteiger partial charge on any atom is 0.153 e. The predicted molar refractivity (Wildman–Crippen MR) is 198 cm³/mol. The minimum absolute atomic E-state index is 0.803. The molecule has 10 rings (SSSR count). The summed E-state index contributed by atoms with van der Waals surface area (Å²) in [6, 6.07) is 58.9. The first-order valence-electron chi connectivity index (χ1n) is 16.0. The van der Waals surface area contributed by atoms with Crippen molar-refractivity contribution < 1.29 is 4.42 Å². The Morgan fingerprint density at radius 1 is 0.340 bits per heavy atom. The number of pyridine rings is 1. The molecule has 0 fully saturated rings. The van der Waals surface area contributed by atoms with Crippen LogP contribution in [0.1, 0.15) is 0 Å². The van der Waals surface area contributed by atoms with E-state index in [1.54, 1.807) is 0 Å². The van der Waals surface area contributed by atoms with Gasteiger partial charge in [0.1, 0.15) is 11.1 Å². The number of fused-ring (bicyclic) bond motifs is 7. The summed E-state index contributed by atoms with van der Waals surface area (Å²) in [5.41, 5.74) is 9.46. The molecular formula is C45H27NO. The molecule has 0 saturated heterocycles. The van der Waals surface area contributed by atoms with E-state index in [9.17, 15) is 0 Å². The van der Waals surface area contributed by atoms with Gasteiger partial charge in [0.15, 0.2) is 5.58 Å². The fourth-order valence-corrected chi connectivity index (χ4v) is 7.40. The molecule has 2 nitrogen and oxygen atoms in total. The van der Waals surface area contributed by atoms with Gasteiger partial charge >= 0.3 is 0 Å². The first kappa shape index (κ1) is 26.0. The lowest BCUT2D eigenvalue weighted by atomic mass is 9.84. The molecule has 2 heterocycles. The minimum Gasteiger partial charge on any atom is -0.454 e. The van der Waals surface area contributed by atoms with Crippen LogP contribution in [-0.4, -0.2) is 4.98 Å². The van der Waals surface area contributed by atoms with E-state index in [2.05, 4.69) is 140 Å². The summed E-state index contributed by atoms with van der Waals surface area (Å²) < 4.78 is 6.11. The zero-order chi connectivity index (χ0) is 30.9. The SMILES string of the molecule is c1ccc2cc(-c3c4ccccc4c(-c4ccc5ccccc5c4)c4cc(-c5ccc6oc7ccccc7c6n5)ccc34)ccc2c1. The molecule has 0 aliphatic heterocycles. The van der Waals surface area contributed by atoms with Crippen molar-refractivity contribution in [3.63, 3.8) is 0 Å². The Kier molecular flexibility index (Phi) is 5.61. The van der Waals surface area contributed by atoms with Crippen LogP contribution >= 0.6 is 0 Å². The normalized spacial score (nSPS) is 11.8. The van der Waals surface area contributed by atoms with Crippen molar-refractivity contribution in [1.82, 2.24) is 4.98 Å². The number of aromatic nitrogens is 1. The molecule has 0 amide bonds. The topological polar surface area (TPSA) is 26.0 Å². The number of benzene rings is 8. The van der Waals surface area contributed by atoms with Crippen LogP contribution < -0.4 is 0 Å². The van der Waals surface area contributed by atoms with Gasteiger partial charge in [-0.25, -0.2) is 4.98 Å². The van der Waals surface area contributed by atoms with E-state index in [-0.39, 0.29) is 0 Å². The first-order valence-corrected chi connectivity index (χ1v) is 16.0. The van der Waals surface area contributed by atoms with Gasteiger partial charge in [-0.1, -0.05) is 121 Å². The van der Waals surface area contributed by atoms with Crippen molar-refractivity contribution >= 4 is 65.2 Å². The van der Waals surface area contributed by atoms with Gasteiger partial charge < -0.3 is 4.42 Å². The number of rotatable bonds is 3. The van der Waals surface area contributed by atoms with Gasteiger partial charge in [-0.3, -0.25) is 0 Å². The zero-order valence-electron chi connectivity index (χ0n) is 25.4. The van der Waals surface area contributed by atoms with Gasteiger partial charge in [-0.15, -0.1) is 0 Å². The highest BCUT2D eigenvalue weighted by atomic mass is 16.3. The highest BCUT2D eigenvalue weighted by Gasteiger charge is 2.19. The van der Waals surface area contributed by atoms with E-state index in [0.717, 1.165) is 33.3 Å². The molecule has 0 unspecified atom stereocenters. The molecule has 0 N–H and O–H groups in total. The van der Waals surface area contributed by atoms with E-state index >= 15 is 0 Å². The first-order chi connectivity index (χ1) is 23.3. The van der Waals surface area contributed by atoms with Crippen molar-refractivity contribution in [3.05, 3.63) is 164 Å². The quantitative estimate of drug-likeness (QED) is 0.189. The number of hydrogen-bond donors (Lipinski definition) is 0. The molecule has 0 saturated carbocycles. The van der Waals surface area contributed by atoms with Crippen molar-refractivity contribution in [2.24, 2.45) is 0 Å². The lowest BCUT2D eigenvalue weighted by molar-refractivity contribution is 0.668. The summed E-state index contributed by atoms with van der Waals surface area (Å²) in [6.45, 7) is 0. The Balaban J connectivity index is 1.30. The second-order valence-corrected chi connectivity index (χ2v) is 12.3. The molecular weight excluding hydrogens is 571 g/mol. The Morgan fingerprint density at radius 2 is 0.872 bits per heavy atom. The maximum atomic E-state index is 6.11. The smallest absolute Gasteiger partial charge is 0.153 e. The monoisotopic (exact) mass is 597 g/mol. The van der Waals surface area contributed by atoms with Crippen molar-refractivity contribution in [3.8, 4) is 33.5 Å². The van der Waals surface area contributed by atoms with Crippen LogP contribution in [0.3, 0.4) is 0 Å². The average molecular weight is 598 g/mol. The fourth-order valence-electron chi connectivity index (χ4n) is 7.40. The summed E-state index contributed by atoms with van der Waals surface area (Å²) >= 11 is 0. The third-order valence-electron chi connectivity index (χ3n) is 9.62. The molecule has 0 aliphatic rings. The van der Waals surface area contributed by atoms with Crippen LogP contribution in [0.5, 0.6) is 0 Å². The standard InChI is InChI=1S/C45H27NO/c1-3-11-30-25-33(19-17-28(30)9-1)43-35-13-5-6-14-36(35)44(34-20-18-29-10-2-4-12-31(29)26-34)39-27-32(21-22-37(39)43)40-23-24-42-45(46-40)38-15-7-8-16-41(38)47-42/h1-27H. The molecule has 10 aromatic rings. The van der Waals surface area contributed by atoms with Gasteiger partial charge in [-0.2, -0.15) is 0 Å². The molecule has 0 bridgehead atoms. The Morgan fingerprint density at radius 3 is 1.55 bits per heavy atom. The second-order valence-electron chi connectivity index (χ2n) is 12.3. The van der Waals surface area contributed by atoms with Crippen molar-refractivity contribution in [2.45, 2.75) is 0 Å². The van der Waals surface area contributed by atoms with E-state index in [4.69, 9.17) is 9.40 Å².